The molecule has 0 aromatic rings. The average Bonchev–Trinajstić information content (AvgIpc) is 3.24. The van der Waals surface area contributed by atoms with Gasteiger partial charge in [0.15, 0.2) is 6.10 Å². The van der Waals surface area contributed by atoms with Gasteiger partial charge in [0, 0.05) is 19.3 Å². The zero-order chi connectivity index (χ0) is 44.5. The van der Waals surface area contributed by atoms with Gasteiger partial charge in [-0.05, 0) is 25.2 Å². The molecular formula is C55H106O6. The first-order valence-corrected chi connectivity index (χ1v) is 27.4. The third-order valence-corrected chi connectivity index (χ3v) is 12.5. The molecular weight excluding hydrogens is 757 g/mol. The third-order valence-electron chi connectivity index (χ3n) is 12.5. The summed E-state index contributed by atoms with van der Waals surface area (Å²) in [5.74, 6) is 0.00417. The van der Waals surface area contributed by atoms with Gasteiger partial charge < -0.3 is 14.2 Å². The van der Waals surface area contributed by atoms with Gasteiger partial charge in [-0.2, -0.15) is 0 Å². The molecule has 0 saturated carbocycles. The SMILES string of the molecule is CCCCCCCCCCCCCCCCC(=O)OC[C@@H](COC(=O)CCCCCCCCCCCCCC)OC(=O)CCCCCCCCCCCCCCCCC(C)C. The van der Waals surface area contributed by atoms with Gasteiger partial charge in [0.1, 0.15) is 13.2 Å². The first kappa shape index (κ1) is 59.4. The molecule has 0 saturated heterocycles. The lowest BCUT2D eigenvalue weighted by atomic mass is 10.0. The molecule has 0 aromatic carbocycles. The second-order valence-corrected chi connectivity index (χ2v) is 19.3. The molecule has 0 aromatic heterocycles. The highest BCUT2D eigenvalue weighted by molar-refractivity contribution is 5.71. The molecule has 362 valence electrons. The molecule has 0 aliphatic rings. The first-order valence-electron chi connectivity index (χ1n) is 27.4. The van der Waals surface area contributed by atoms with Crippen molar-refractivity contribution in [3.8, 4) is 0 Å². The maximum absolute atomic E-state index is 12.8. The summed E-state index contributed by atoms with van der Waals surface area (Å²) in [4.78, 5) is 38.0. The van der Waals surface area contributed by atoms with Gasteiger partial charge >= 0.3 is 17.9 Å². The van der Waals surface area contributed by atoms with Crippen LogP contribution >= 0.6 is 0 Å². The number of esters is 3. The topological polar surface area (TPSA) is 78.9 Å². The normalized spacial score (nSPS) is 12.0. The van der Waals surface area contributed by atoms with Gasteiger partial charge in [-0.25, -0.2) is 0 Å². The smallest absolute Gasteiger partial charge is 0.306 e. The molecule has 0 aliphatic heterocycles. The fraction of sp³-hybridized carbons (Fsp3) is 0.945. The molecule has 6 nitrogen and oxygen atoms in total. The Bertz CT molecular complexity index is 918. The molecule has 0 radical (unpaired) electrons. The van der Waals surface area contributed by atoms with E-state index in [0.717, 1.165) is 63.7 Å². The minimum atomic E-state index is -0.761. The van der Waals surface area contributed by atoms with Crippen molar-refractivity contribution in [2.45, 2.75) is 316 Å². The van der Waals surface area contributed by atoms with E-state index < -0.39 is 6.10 Å². The quantitative estimate of drug-likeness (QED) is 0.0344. The molecule has 0 spiro atoms. The Balaban J connectivity index is 4.29. The lowest BCUT2D eigenvalue weighted by Gasteiger charge is -2.18. The van der Waals surface area contributed by atoms with Crippen molar-refractivity contribution in [3.63, 3.8) is 0 Å². The largest absolute Gasteiger partial charge is 0.462 e. The Kier molecular flexibility index (Phi) is 48.1. The van der Waals surface area contributed by atoms with Crippen molar-refractivity contribution in [2.24, 2.45) is 5.92 Å². The molecule has 0 heterocycles. The molecule has 1 atom stereocenters. The highest BCUT2D eigenvalue weighted by Crippen LogP contribution is 2.17. The number of carbonyl (C=O) groups is 3. The third kappa shape index (κ3) is 49.3. The Morgan fingerprint density at radius 2 is 0.541 bits per heavy atom. The van der Waals surface area contributed by atoms with Crippen LogP contribution in [0.3, 0.4) is 0 Å². The van der Waals surface area contributed by atoms with Gasteiger partial charge in [0.25, 0.3) is 0 Å². The van der Waals surface area contributed by atoms with Gasteiger partial charge in [0.05, 0.1) is 0 Å². The van der Waals surface area contributed by atoms with Crippen LogP contribution in [0.5, 0.6) is 0 Å². The first-order chi connectivity index (χ1) is 29.9. The molecule has 0 aliphatic carbocycles. The van der Waals surface area contributed by atoms with Crippen LogP contribution < -0.4 is 0 Å². The zero-order valence-corrected chi connectivity index (χ0v) is 41.6. The van der Waals surface area contributed by atoms with Gasteiger partial charge in [-0.15, -0.1) is 0 Å². The summed E-state index contributed by atoms with van der Waals surface area (Å²) < 4.78 is 16.8. The van der Waals surface area contributed by atoms with Crippen molar-refractivity contribution in [1.29, 1.82) is 0 Å². The minimum Gasteiger partial charge on any atom is -0.462 e. The maximum atomic E-state index is 12.8. The minimum absolute atomic E-state index is 0.0621. The van der Waals surface area contributed by atoms with E-state index in [0.29, 0.717) is 19.3 Å². The maximum Gasteiger partial charge on any atom is 0.306 e. The van der Waals surface area contributed by atoms with E-state index in [1.54, 1.807) is 0 Å². The van der Waals surface area contributed by atoms with Crippen LogP contribution in [0.1, 0.15) is 310 Å². The Morgan fingerprint density at radius 3 is 0.803 bits per heavy atom. The van der Waals surface area contributed by atoms with Crippen molar-refractivity contribution < 1.29 is 28.6 Å². The number of carbonyl (C=O) groups excluding carboxylic acids is 3. The molecule has 6 heteroatoms. The fourth-order valence-electron chi connectivity index (χ4n) is 8.39. The van der Waals surface area contributed by atoms with Crippen LogP contribution in [0.4, 0.5) is 0 Å². The summed E-state index contributed by atoms with van der Waals surface area (Å²) in [5, 5.41) is 0. The number of ether oxygens (including phenoxy) is 3. The zero-order valence-electron chi connectivity index (χ0n) is 41.6. The predicted molar refractivity (Wildman–Crippen MR) is 261 cm³/mol. The Labute approximate surface area is 380 Å². The lowest BCUT2D eigenvalue weighted by molar-refractivity contribution is -0.167. The molecule has 0 fully saturated rings. The van der Waals surface area contributed by atoms with Crippen LogP contribution in [0.15, 0.2) is 0 Å². The highest BCUT2D eigenvalue weighted by atomic mass is 16.6. The summed E-state index contributed by atoms with van der Waals surface area (Å²) in [6, 6.07) is 0. The highest BCUT2D eigenvalue weighted by Gasteiger charge is 2.19. The molecule has 61 heavy (non-hydrogen) atoms. The summed E-state index contributed by atoms with van der Waals surface area (Å²) in [6.07, 6.45) is 52.3. The van der Waals surface area contributed by atoms with Crippen molar-refractivity contribution in [2.75, 3.05) is 13.2 Å². The summed E-state index contributed by atoms with van der Waals surface area (Å²) in [6.45, 7) is 9.05. The molecule has 0 bridgehead atoms. The van der Waals surface area contributed by atoms with Crippen molar-refractivity contribution >= 4 is 17.9 Å². The van der Waals surface area contributed by atoms with Crippen molar-refractivity contribution in [1.82, 2.24) is 0 Å². The van der Waals surface area contributed by atoms with E-state index in [2.05, 4.69) is 27.7 Å². The number of unbranched alkanes of at least 4 members (excludes halogenated alkanes) is 37. The summed E-state index contributed by atoms with van der Waals surface area (Å²) in [7, 11) is 0. The molecule has 0 N–H and O–H groups in total. The second kappa shape index (κ2) is 49.4. The van der Waals surface area contributed by atoms with Crippen LogP contribution in [0.2, 0.25) is 0 Å². The van der Waals surface area contributed by atoms with Gasteiger partial charge in [0.2, 0.25) is 0 Å². The van der Waals surface area contributed by atoms with Crippen LogP contribution in [-0.4, -0.2) is 37.2 Å². The van der Waals surface area contributed by atoms with E-state index in [4.69, 9.17) is 14.2 Å². The summed E-state index contributed by atoms with van der Waals surface area (Å²) >= 11 is 0. The molecule has 0 amide bonds. The average molecular weight is 863 g/mol. The van der Waals surface area contributed by atoms with Gasteiger partial charge in [-0.3, -0.25) is 14.4 Å². The monoisotopic (exact) mass is 863 g/mol. The predicted octanol–water partition coefficient (Wildman–Crippen LogP) is 17.8. The van der Waals surface area contributed by atoms with Gasteiger partial charge in [-0.1, -0.05) is 272 Å². The number of hydrogen-bond acceptors (Lipinski definition) is 6. The van der Waals surface area contributed by atoms with E-state index in [1.165, 1.54) is 205 Å². The van der Waals surface area contributed by atoms with E-state index >= 15 is 0 Å². The summed E-state index contributed by atoms with van der Waals surface area (Å²) in [5.41, 5.74) is 0. The van der Waals surface area contributed by atoms with E-state index in [9.17, 15) is 14.4 Å². The second-order valence-electron chi connectivity index (χ2n) is 19.3. The number of hydrogen-bond donors (Lipinski definition) is 0. The molecule has 0 rings (SSSR count). The van der Waals surface area contributed by atoms with Crippen molar-refractivity contribution in [3.05, 3.63) is 0 Å². The lowest BCUT2D eigenvalue weighted by Crippen LogP contribution is -2.30. The standard InChI is InChI=1S/C55H106O6/c1-5-7-9-11-13-15-17-19-23-27-31-35-39-43-47-54(57)60-50-52(49-59-53(56)46-42-38-34-30-26-18-16-14-12-10-8-6-2)61-55(58)48-44-40-36-32-28-24-21-20-22-25-29-33-37-41-45-51(3)4/h51-52H,5-50H2,1-4H3/t52-/m1/s1. The number of rotatable bonds is 50. The Morgan fingerprint density at radius 1 is 0.311 bits per heavy atom. The van der Waals surface area contributed by atoms with Crippen LogP contribution in [0.25, 0.3) is 0 Å². The van der Waals surface area contributed by atoms with E-state index in [-0.39, 0.29) is 31.1 Å². The Hall–Kier alpha value is -1.59. The fourth-order valence-corrected chi connectivity index (χ4v) is 8.39. The molecule has 0 unspecified atom stereocenters. The van der Waals surface area contributed by atoms with E-state index in [1.807, 2.05) is 0 Å². The van der Waals surface area contributed by atoms with Crippen LogP contribution in [-0.2, 0) is 28.6 Å². The van der Waals surface area contributed by atoms with Crippen LogP contribution in [0, 0.1) is 5.92 Å².